The average Bonchev–Trinajstić information content (AvgIpc) is 3.55. The van der Waals surface area contributed by atoms with Crippen molar-refractivity contribution in [2.45, 2.75) is 31.4 Å². The van der Waals surface area contributed by atoms with Gasteiger partial charge in [-0.3, -0.25) is 4.79 Å². The maximum Gasteiger partial charge on any atom is 0.322 e. The highest BCUT2D eigenvalue weighted by Gasteiger charge is 2.33. The van der Waals surface area contributed by atoms with Crippen molar-refractivity contribution >= 4 is 43.0 Å². The van der Waals surface area contributed by atoms with Crippen LogP contribution in [-0.4, -0.2) is 75.7 Å². The number of sulfone groups is 1. The number of aromatic nitrogens is 1. The first-order valence-electron chi connectivity index (χ1n) is 15.1. The summed E-state index contributed by atoms with van der Waals surface area (Å²) in [5, 5.41) is 12.0. The second-order valence-corrected chi connectivity index (χ2v) is 16.2. The van der Waals surface area contributed by atoms with Gasteiger partial charge in [0.2, 0.25) is 0 Å². The van der Waals surface area contributed by atoms with Gasteiger partial charge in [0.15, 0.2) is 14.8 Å². The van der Waals surface area contributed by atoms with Crippen LogP contribution in [0, 0.1) is 17.8 Å². The quantitative estimate of drug-likeness (QED) is 0.218. The van der Waals surface area contributed by atoms with E-state index in [-0.39, 0.29) is 23.9 Å². The molecule has 1 fully saturated rings. The highest BCUT2D eigenvalue weighted by Crippen LogP contribution is 2.26. The Morgan fingerprint density at radius 1 is 0.979 bits per heavy atom. The molecule has 0 spiro atoms. The summed E-state index contributed by atoms with van der Waals surface area (Å²) < 4.78 is 58.5. The van der Waals surface area contributed by atoms with Gasteiger partial charge in [0.25, 0.3) is 10.2 Å². The van der Waals surface area contributed by atoms with Crippen molar-refractivity contribution in [2.24, 2.45) is 5.92 Å². The number of hydrogen-bond acceptors (Lipinski definition) is 9. The standard InChI is InChI=1S/C34H36N4O7S3/c1-24(2)33(34(39)40)36-48(43,44)38-19-17-37(18-20-38)28-12-7-25(8-13-28)11-16-32-35-31(23-46-32)27-5-4-6-29(21-27)45-22-26-9-14-30(15-10-26)47(3,41)42/h4-10,12-15,21,23-24,33,36H,17-20,22H2,1-3H3,(H,39,40)/t33-/m1/s1. The Labute approximate surface area is 285 Å². The number of nitrogens with zero attached hydrogens (tertiary/aromatic N) is 3. The van der Waals surface area contributed by atoms with Gasteiger partial charge < -0.3 is 14.7 Å². The number of ether oxygens (including phenoxy) is 1. The number of piperazine rings is 1. The third kappa shape index (κ3) is 9.00. The van der Waals surface area contributed by atoms with Crippen LogP contribution in [0.1, 0.15) is 30.0 Å². The molecule has 0 amide bonds. The van der Waals surface area contributed by atoms with E-state index in [9.17, 15) is 26.7 Å². The van der Waals surface area contributed by atoms with E-state index >= 15 is 0 Å². The highest BCUT2D eigenvalue weighted by molar-refractivity contribution is 7.90. The van der Waals surface area contributed by atoms with Gasteiger partial charge in [-0.15, -0.1) is 11.3 Å². The zero-order valence-electron chi connectivity index (χ0n) is 26.7. The molecule has 0 unspecified atom stereocenters. The average molecular weight is 709 g/mol. The van der Waals surface area contributed by atoms with E-state index < -0.39 is 32.1 Å². The van der Waals surface area contributed by atoms with Gasteiger partial charge in [-0.05, 0) is 65.9 Å². The van der Waals surface area contributed by atoms with Crippen molar-refractivity contribution in [1.82, 2.24) is 14.0 Å². The van der Waals surface area contributed by atoms with E-state index in [1.165, 1.54) is 21.9 Å². The molecule has 0 saturated carbocycles. The van der Waals surface area contributed by atoms with Gasteiger partial charge in [0.05, 0.1) is 10.6 Å². The third-order valence-corrected chi connectivity index (χ3v) is 11.2. The van der Waals surface area contributed by atoms with Crippen molar-refractivity contribution in [1.29, 1.82) is 0 Å². The summed E-state index contributed by atoms with van der Waals surface area (Å²) in [6.07, 6.45) is 1.18. The van der Waals surface area contributed by atoms with Gasteiger partial charge in [-0.1, -0.05) is 44.0 Å². The van der Waals surface area contributed by atoms with Crippen molar-refractivity contribution in [3.63, 3.8) is 0 Å². The summed E-state index contributed by atoms with van der Waals surface area (Å²) >= 11 is 1.44. The number of carbonyl (C=O) groups is 1. The maximum atomic E-state index is 12.8. The van der Waals surface area contributed by atoms with Crippen molar-refractivity contribution in [3.8, 4) is 28.8 Å². The topological polar surface area (TPSA) is 146 Å². The number of anilines is 1. The molecule has 1 saturated heterocycles. The molecule has 2 N–H and O–H groups in total. The van der Waals surface area contributed by atoms with E-state index in [1.807, 2.05) is 53.9 Å². The molecule has 3 aromatic carbocycles. The van der Waals surface area contributed by atoms with Crippen LogP contribution in [-0.2, 0) is 31.4 Å². The Kier molecular flexibility index (Phi) is 10.9. The molecule has 0 aliphatic carbocycles. The number of thiazole rings is 1. The number of aliphatic carboxylic acids is 1. The number of rotatable bonds is 11. The van der Waals surface area contributed by atoms with Crippen molar-refractivity contribution < 1.29 is 31.5 Å². The lowest BCUT2D eigenvalue weighted by molar-refractivity contribution is -0.140. The molecule has 1 aromatic heterocycles. The molecule has 1 aliphatic heterocycles. The lowest BCUT2D eigenvalue weighted by atomic mass is 10.1. The number of carboxylic acid groups (broad SMARTS) is 1. The highest BCUT2D eigenvalue weighted by atomic mass is 32.2. The minimum Gasteiger partial charge on any atom is -0.489 e. The monoisotopic (exact) mass is 708 g/mol. The lowest BCUT2D eigenvalue weighted by Crippen LogP contribution is -2.55. The molecule has 48 heavy (non-hydrogen) atoms. The van der Waals surface area contributed by atoms with Crippen LogP contribution in [0.4, 0.5) is 5.69 Å². The van der Waals surface area contributed by atoms with Gasteiger partial charge >= 0.3 is 5.97 Å². The van der Waals surface area contributed by atoms with Gasteiger partial charge in [0, 0.05) is 54.6 Å². The Bertz CT molecular complexity index is 2030. The molecule has 5 rings (SSSR count). The predicted molar refractivity (Wildman–Crippen MR) is 186 cm³/mol. The Balaban J connectivity index is 1.15. The summed E-state index contributed by atoms with van der Waals surface area (Å²) in [5.41, 5.74) is 4.28. The van der Waals surface area contributed by atoms with E-state index in [2.05, 4.69) is 26.4 Å². The smallest absolute Gasteiger partial charge is 0.322 e. The fourth-order valence-electron chi connectivity index (χ4n) is 4.98. The first kappa shape index (κ1) is 35.1. The molecule has 0 radical (unpaired) electrons. The lowest BCUT2D eigenvalue weighted by Gasteiger charge is -2.36. The van der Waals surface area contributed by atoms with E-state index in [0.717, 1.165) is 28.1 Å². The zero-order valence-corrected chi connectivity index (χ0v) is 29.1. The minimum absolute atomic E-state index is 0.240. The van der Waals surface area contributed by atoms with Crippen LogP contribution in [0.5, 0.6) is 5.75 Å². The summed E-state index contributed by atoms with van der Waals surface area (Å²) in [6.45, 7) is 5.04. The first-order chi connectivity index (χ1) is 22.8. The first-order valence-corrected chi connectivity index (χ1v) is 19.3. The number of hydrogen-bond donors (Lipinski definition) is 2. The number of nitrogens with one attached hydrogen (secondary N) is 1. The van der Waals surface area contributed by atoms with Gasteiger partial charge in [-0.2, -0.15) is 17.4 Å². The molecule has 2 heterocycles. The van der Waals surface area contributed by atoms with Crippen LogP contribution in [0.15, 0.2) is 83.1 Å². The van der Waals surface area contributed by atoms with Crippen LogP contribution >= 0.6 is 11.3 Å². The molecular formula is C34H36N4O7S3. The predicted octanol–water partition coefficient (Wildman–Crippen LogP) is 4.26. The van der Waals surface area contributed by atoms with Crippen LogP contribution in [0.2, 0.25) is 0 Å². The van der Waals surface area contributed by atoms with Crippen molar-refractivity contribution in [3.05, 3.63) is 94.3 Å². The van der Waals surface area contributed by atoms with Gasteiger partial charge in [0.1, 0.15) is 18.4 Å². The minimum atomic E-state index is -3.92. The van der Waals surface area contributed by atoms with E-state index in [0.29, 0.717) is 30.5 Å². The summed E-state index contributed by atoms with van der Waals surface area (Å²) in [5.74, 6) is 5.37. The molecular weight excluding hydrogens is 673 g/mol. The van der Waals surface area contributed by atoms with Crippen LogP contribution in [0.25, 0.3) is 11.3 Å². The summed E-state index contributed by atoms with van der Waals surface area (Å²) in [6, 6.07) is 20.8. The number of benzene rings is 3. The van der Waals surface area contributed by atoms with Crippen LogP contribution < -0.4 is 14.4 Å². The summed E-state index contributed by atoms with van der Waals surface area (Å²) in [4.78, 5) is 18.5. The van der Waals surface area contributed by atoms with Gasteiger partial charge in [-0.25, -0.2) is 13.4 Å². The second kappa shape index (κ2) is 14.9. The fraction of sp³-hybridized carbons (Fsp3) is 0.294. The molecule has 4 aromatic rings. The SMILES string of the molecule is CC(C)[C@@H](NS(=O)(=O)N1CCN(c2ccc(C#Cc3nc(-c4cccc(OCc5ccc(S(C)(=O)=O)cc5)c4)cs3)cc2)CC1)C(=O)O. The molecule has 1 atom stereocenters. The zero-order chi connectivity index (χ0) is 34.5. The molecule has 252 valence electrons. The molecule has 14 heteroatoms. The normalized spacial score (nSPS) is 14.7. The second-order valence-electron chi connectivity index (χ2n) is 11.6. The Morgan fingerprint density at radius 3 is 2.29 bits per heavy atom. The Morgan fingerprint density at radius 2 is 1.67 bits per heavy atom. The van der Waals surface area contributed by atoms with E-state index in [1.54, 1.807) is 38.1 Å². The third-order valence-electron chi connectivity index (χ3n) is 7.72. The maximum absolute atomic E-state index is 12.8. The van der Waals surface area contributed by atoms with Crippen LogP contribution in [0.3, 0.4) is 0 Å². The fourth-order valence-corrected chi connectivity index (χ4v) is 7.77. The summed E-state index contributed by atoms with van der Waals surface area (Å²) in [7, 11) is -7.17. The Hall–Kier alpha value is -4.26. The number of carboxylic acids is 1. The van der Waals surface area contributed by atoms with E-state index in [4.69, 9.17) is 4.74 Å². The largest absolute Gasteiger partial charge is 0.489 e. The molecule has 0 bridgehead atoms. The molecule has 1 aliphatic rings. The molecule has 11 nitrogen and oxygen atoms in total. The van der Waals surface area contributed by atoms with Crippen molar-refractivity contribution in [2.75, 3.05) is 37.3 Å².